The quantitative estimate of drug-likeness (QED) is 0.899. The van der Waals surface area contributed by atoms with E-state index in [4.69, 9.17) is 0 Å². The molecule has 0 aliphatic heterocycles. The minimum absolute atomic E-state index is 0.0311. The zero-order chi connectivity index (χ0) is 12.7. The third-order valence-electron chi connectivity index (χ3n) is 3.63. The molecule has 3 rings (SSSR count). The van der Waals surface area contributed by atoms with Crippen molar-refractivity contribution in [3.05, 3.63) is 40.7 Å². The standard InChI is InChI=1S/C14H17N3O/c1-9-3-6-12(7-10(9)2)17-14(11-4-5-11)13(8-18)15-16-17/h3,6-7,11,18H,4-5,8H2,1-2H3. The molecule has 0 amide bonds. The lowest BCUT2D eigenvalue weighted by atomic mass is 10.1. The summed E-state index contributed by atoms with van der Waals surface area (Å²) in [6.45, 7) is 4.16. The van der Waals surface area contributed by atoms with Gasteiger partial charge in [-0.15, -0.1) is 5.10 Å². The second-order valence-electron chi connectivity index (χ2n) is 5.03. The maximum atomic E-state index is 9.34. The van der Waals surface area contributed by atoms with Gasteiger partial charge in [0.1, 0.15) is 5.69 Å². The number of hydrogen-bond acceptors (Lipinski definition) is 3. The Kier molecular flexibility index (Phi) is 2.67. The van der Waals surface area contributed by atoms with Crippen LogP contribution in [0.4, 0.5) is 0 Å². The number of aryl methyl sites for hydroxylation is 2. The molecule has 1 fully saturated rings. The van der Waals surface area contributed by atoms with Crippen LogP contribution in [0.1, 0.15) is 41.3 Å². The molecule has 1 N–H and O–H groups in total. The number of rotatable bonds is 3. The van der Waals surface area contributed by atoms with Crippen LogP contribution in [0.2, 0.25) is 0 Å². The molecule has 1 heterocycles. The summed E-state index contributed by atoms with van der Waals surface area (Å²) in [6, 6.07) is 6.28. The van der Waals surface area contributed by atoms with Crippen molar-refractivity contribution in [3.8, 4) is 5.69 Å². The highest BCUT2D eigenvalue weighted by molar-refractivity contribution is 5.41. The molecule has 94 valence electrons. The van der Waals surface area contributed by atoms with Crippen LogP contribution in [-0.4, -0.2) is 20.1 Å². The van der Waals surface area contributed by atoms with Gasteiger partial charge in [-0.05, 0) is 49.9 Å². The van der Waals surface area contributed by atoms with Gasteiger partial charge in [-0.2, -0.15) is 0 Å². The van der Waals surface area contributed by atoms with Crippen LogP contribution >= 0.6 is 0 Å². The molecule has 1 aromatic carbocycles. The van der Waals surface area contributed by atoms with Gasteiger partial charge in [-0.25, -0.2) is 4.68 Å². The smallest absolute Gasteiger partial charge is 0.112 e. The van der Waals surface area contributed by atoms with Crippen LogP contribution in [0.5, 0.6) is 0 Å². The van der Waals surface area contributed by atoms with Crippen molar-refractivity contribution in [3.63, 3.8) is 0 Å². The normalized spacial score (nSPS) is 15.1. The number of aliphatic hydroxyl groups is 1. The predicted octanol–water partition coefficient (Wildman–Crippen LogP) is 2.25. The van der Waals surface area contributed by atoms with Crippen molar-refractivity contribution in [1.29, 1.82) is 0 Å². The van der Waals surface area contributed by atoms with Gasteiger partial charge in [0.2, 0.25) is 0 Å². The monoisotopic (exact) mass is 243 g/mol. The molecule has 2 aromatic rings. The van der Waals surface area contributed by atoms with Gasteiger partial charge in [0.25, 0.3) is 0 Å². The molecule has 0 spiro atoms. The van der Waals surface area contributed by atoms with Gasteiger partial charge in [-0.3, -0.25) is 0 Å². The minimum Gasteiger partial charge on any atom is -0.390 e. The van der Waals surface area contributed by atoms with Crippen LogP contribution in [-0.2, 0) is 6.61 Å². The van der Waals surface area contributed by atoms with E-state index in [9.17, 15) is 5.11 Å². The summed E-state index contributed by atoms with van der Waals surface area (Å²) in [7, 11) is 0. The first kappa shape index (κ1) is 11.4. The highest BCUT2D eigenvalue weighted by Gasteiger charge is 2.31. The van der Waals surface area contributed by atoms with E-state index in [0.717, 1.165) is 17.1 Å². The zero-order valence-electron chi connectivity index (χ0n) is 10.7. The van der Waals surface area contributed by atoms with E-state index >= 15 is 0 Å². The van der Waals surface area contributed by atoms with E-state index < -0.39 is 0 Å². The van der Waals surface area contributed by atoms with E-state index in [2.05, 4.69) is 42.4 Å². The Morgan fingerprint density at radius 2 is 2.06 bits per heavy atom. The Morgan fingerprint density at radius 1 is 1.28 bits per heavy atom. The van der Waals surface area contributed by atoms with Crippen molar-refractivity contribution in [1.82, 2.24) is 15.0 Å². The Hall–Kier alpha value is -1.68. The molecule has 0 saturated heterocycles. The van der Waals surface area contributed by atoms with Crippen LogP contribution in [0.15, 0.2) is 18.2 Å². The van der Waals surface area contributed by atoms with Gasteiger partial charge in [0.05, 0.1) is 18.0 Å². The summed E-state index contributed by atoms with van der Waals surface area (Å²) in [6.07, 6.45) is 2.34. The first-order chi connectivity index (χ1) is 8.70. The maximum absolute atomic E-state index is 9.34. The Labute approximate surface area is 106 Å². The van der Waals surface area contributed by atoms with Crippen LogP contribution in [0, 0.1) is 13.8 Å². The number of benzene rings is 1. The molecule has 0 unspecified atom stereocenters. The third kappa shape index (κ3) is 1.82. The second kappa shape index (κ2) is 4.21. The van der Waals surface area contributed by atoms with Crippen molar-refractivity contribution in [2.45, 2.75) is 39.2 Å². The lowest BCUT2D eigenvalue weighted by Gasteiger charge is -2.08. The van der Waals surface area contributed by atoms with Crippen LogP contribution < -0.4 is 0 Å². The Balaban J connectivity index is 2.10. The minimum atomic E-state index is -0.0311. The molecule has 0 bridgehead atoms. The molecule has 0 atom stereocenters. The maximum Gasteiger partial charge on any atom is 0.112 e. The number of aromatic nitrogens is 3. The number of aliphatic hydroxyl groups excluding tert-OH is 1. The Bertz CT molecular complexity index is 585. The van der Waals surface area contributed by atoms with Crippen molar-refractivity contribution >= 4 is 0 Å². The van der Waals surface area contributed by atoms with Gasteiger partial charge >= 0.3 is 0 Å². The van der Waals surface area contributed by atoms with E-state index in [0.29, 0.717) is 5.92 Å². The summed E-state index contributed by atoms with van der Waals surface area (Å²) >= 11 is 0. The molecule has 1 aromatic heterocycles. The largest absolute Gasteiger partial charge is 0.390 e. The first-order valence-electron chi connectivity index (χ1n) is 6.33. The topological polar surface area (TPSA) is 50.9 Å². The van der Waals surface area contributed by atoms with E-state index in [-0.39, 0.29) is 6.61 Å². The lowest BCUT2D eigenvalue weighted by molar-refractivity contribution is 0.275. The summed E-state index contributed by atoms with van der Waals surface area (Å²) in [5, 5.41) is 17.6. The first-order valence-corrected chi connectivity index (χ1v) is 6.33. The van der Waals surface area contributed by atoms with Crippen molar-refractivity contribution in [2.75, 3.05) is 0 Å². The molecule has 1 aliphatic carbocycles. The summed E-state index contributed by atoms with van der Waals surface area (Å²) in [4.78, 5) is 0. The summed E-state index contributed by atoms with van der Waals surface area (Å²) < 4.78 is 1.88. The van der Waals surface area contributed by atoms with Crippen molar-refractivity contribution in [2.24, 2.45) is 0 Å². The number of nitrogens with zero attached hydrogens (tertiary/aromatic N) is 3. The van der Waals surface area contributed by atoms with E-state index in [1.165, 1.54) is 24.0 Å². The second-order valence-corrected chi connectivity index (χ2v) is 5.03. The third-order valence-corrected chi connectivity index (χ3v) is 3.63. The fourth-order valence-corrected chi connectivity index (χ4v) is 2.25. The Morgan fingerprint density at radius 3 is 2.67 bits per heavy atom. The van der Waals surface area contributed by atoms with Crippen molar-refractivity contribution < 1.29 is 5.11 Å². The van der Waals surface area contributed by atoms with Gasteiger partial charge in [0, 0.05) is 5.92 Å². The molecular weight excluding hydrogens is 226 g/mol. The fraction of sp³-hybridized carbons (Fsp3) is 0.429. The average molecular weight is 243 g/mol. The molecular formula is C14H17N3O. The summed E-state index contributed by atoms with van der Waals surface area (Å²) in [5.74, 6) is 0.517. The van der Waals surface area contributed by atoms with E-state index in [1.807, 2.05) is 4.68 Å². The summed E-state index contributed by atoms with van der Waals surface area (Å²) in [5.41, 5.74) is 5.35. The SMILES string of the molecule is Cc1ccc(-n2nnc(CO)c2C2CC2)cc1C. The number of hydrogen-bond donors (Lipinski definition) is 1. The highest BCUT2D eigenvalue weighted by Crippen LogP contribution is 2.42. The fourth-order valence-electron chi connectivity index (χ4n) is 2.25. The van der Waals surface area contributed by atoms with Gasteiger partial charge in [-0.1, -0.05) is 11.3 Å². The molecule has 4 heteroatoms. The molecule has 18 heavy (non-hydrogen) atoms. The average Bonchev–Trinajstić information content (AvgIpc) is 3.12. The lowest BCUT2D eigenvalue weighted by Crippen LogP contribution is -2.03. The van der Waals surface area contributed by atoms with E-state index in [1.54, 1.807) is 0 Å². The molecule has 1 saturated carbocycles. The molecule has 4 nitrogen and oxygen atoms in total. The van der Waals surface area contributed by atoms with Gasteiger partial charge < -0.3 is 5.11 Å². The highest BCUT2D eigenvalue weighted by atomic mass is 16.3. The van der Waals surface area contributed by atoms with Crippen LogP contribution in [0.3, 0.4) is 0 Å². The molecule has 0 radical (unpaired) electrons. The zero-order valence-corrected chi connectivity index (χ0v) is 10.7. The van der Waals surface area contributed by atoms with Gasteiger partial charge in [0.15, 0.2) is 0 Å². The predicted molar refractivity (Wildman–Crippen MR) is 68.7 cm³/mol. The molecule has 1 aliphatic rings. The van der Waals surface area contributed by atoms with Crippen LogP contribution in [0.25, 0.3) is 5.69 Å².